The first-order valence-electron chi connectivity index (χ1n) is 14.4. The summed E-state index contributed by atoms with van der Waals surface area (Å²) >= 11 is 0. The van der Waals surface area contributed by atoms with E-state index in [0.717, 1.165) is 22.8 Å². The first kappa shape index (κ1) is 29.6. The highest BCUT2D eigenvalue weighted by Gasteiger charge is 2.25. The molecule has 1 saturated heterocycles. The minimum absolute atomic E-state index is 0.0369. The predicted molar refractivity (Wildman–Crippen MR) is 170 cm³/mol. The number of carbonyl (C=O) groups excluding carboxylic acids is 2. The topological polar surface area (TPSA) is 105 Å². The molecule has 0 unspecified atom stereocenters. The number of amides is 3. The molecule has 1 aliphatic heterocycles. The molecule has 3 amide bonds. The maximum absolute atomic E-state index is 13.1. The van der Waals surface area contributed by atoms with Crippen molar-refractivity contribution >= 4 is 29.3 Å². The maximum atomic E-state index is 13.1. The Morgan fingerprint density at radius 3 is 2.23 bits per heavy atom. The number of hydrogen-bond donors (Lipinski definition) is 2. The van der Waals surface area contributed by atoms with Crippen LogP contribution >= 0.6 is 0 Å². The van der Waals surface area contributed by atoms with E-state index in [1.54, 1.807) is 23.9 Å². The first-order chi connectivity index (χ1) is 20.5. The van der Waals surface area contributed by atoms with Crippen LogP contribution in [0.3, 0.4) is 0 Å². The van der Waals surface area contributed by atoms with Crippen LogP contribution in [0.1, 0.15) is 48.1 Å². The summed E-state index contributed by atoms with van der Waals surface area (Å²) in [7, 11) is 1.57. The number of para-hydroxylation sites is 1. The van der Waals surface area contributed by atoms with Crippen LogP contribution in [-0.2, 0) is 5.41 Å². The van der Waals surface area contributed by atoms with Gasteiger partial charge in [-0.2, -0.15) is 5.10 Å². The number of nitrogens with zero attached hydrogens (tertiary/aromatic N) is 5. The van der Waals surface area contributed by atoms with Crippen LogP contribution in [0.5, 0.6) is 5.75 Å². The summed E-state index contributed by atoms with van der Waals surface area (Å²) in [5, 5.41) is 10.7. The van der Waals surface area contributed by atoms with Gasteiger partial charge >= 0.3 is 6.03 Å². The van der Waals surface area contributed by atoms with Crippen LogP contribution in [-0.4, -0.2) is 64.9 Å². The zero-order valence-electron chi connectivity index (χ0n) is 25.6. The van der Waals surface area contributed by atoms with Gasteiger partial charge in [-0.25, -0.2) is 14.5 Å². The van der Waals surface area contributed by atoms with Crippen molar-refractivity contribution < 1.29 is 14.3 Å². The van der Waals surface area contributed by atoms with Gasteiger partial charge in [0, 0.05) is 37.7 Å². The molecule has 0 spiro atoms. The van der Waals surface area contributed by atoms with E-state index in [9.17, 15) is 9.59 Å². The Morgan fingerprint density at radius 2 is 1.58 bits per heavy atom. The van der Waals surface area contributed by atoms with Crippen molar-refractivity contribution in [1.29, 1.82) is 0 Å². The molecule has 1 fully saturated rings. The van der Waals surface area contributed by atoms with E-state index < -0.39 is 0 Å². The Morgan fingerprint density at radius 1 is 0.884 bits per heavy atom. The van der Waals surface area contributed by atoms with Crippen molar-refractivity contribution in [3.05, 3.63) is 89.2 Å². The Kier molecular flexibility index (Phi) is 8.38. The number of methoxy groups -OCH3 is 1. The average Bonchev–Trinajstić information content (AvgIpc) is 3.42. The van der Waals surface area contributed by atoms with Crippen molar-refractivity contribution in [2.75, 3.05) is 48.8 Å². The molecule has 5 rings (SSSR count). The summed E-state index contributed by atoms with van der Waals surface area (Å²) in [6.45, 7) is 12.6. The molecule has 0 aliphatic carbocycles. The quantitative estimate of drug-likeness (QED) is 0.298. The van der Waals surface area contributed by atoms with Gasteiger partial charge in [-0.1, -0.05) is 50.6 Å². The fourth-order valence-corrected chi connectivity index (χ4v) is 4.98. The van der Waals surface area contributed by atoms with Gasteiger partial charge in [0.25, 0.3) is 5.91 Å². The monoisotopic (exact) mass is 581 g/mol. The Hall–Kier alpha value is -4.86. The highest BCUT2D eigenvalue weighted by atomic mass is 16.5. The van der Waals surface area contributed by atoms with E-state index >= 15 is 0 Å². The highest BCUT2D eigenvalue weighted by molar-refractivity contribution is 6.00. The average molecular weight is 582 g/mol. The van der Waals surface area contributed by atoms with Gasteiger partial charge in [-0.05, 0) is 50.2 Å². The van der Waals surface area contributed by atoms with Gasteiger partial charge in [-0.3, -0.25) is 10.1 Å². The van der Waals surface area contributed by atoms with Crippen LogP contribution in [0, 0.1) is 13.8 Å². The van der Waals surface area contributed by atoms with Gasteiger partial charge in [0.1, 0.15) is 17.4 Å². The molecule has 4 aromatic rings. The minimum atomic E-state index is -0.380. The summed E-state index contributed by atoms with van der Waals surface area (Å²) in [4.78, 5) is 35.0. The molecule has 224 valence electrons. The van der Waals surface area contributed by atoms with Crippen LogP contribution in [0.4, 0.5) is 22.1 Å². The number of rotatable bonds is 6. The molecular formula is C33H39N7O3. The number of aryl methyl sites for hydroxylation is 2. The zero-order chi connectivity index (χ0) is 30.7. The third-order valence-corrected chi connectivity index (χ3v) is 7.55. The smallest absolute Gasteiger partial charge is 0.324 e. The summed E-state index contributed by atoms with van der Waals surface area (Å²) in [5.74, 6) is 1.92. The number of anilines is 3. The fourth-order valence-electron chi connectivity index (χ4n) is 4.98. The Balaban J connectivity index is 1.24. The van der Waals surface area contributed by atoms with Crippen LogP contribution < -0.4 is 20.3 Å². The second-order valence-corrected chi connectivity index (χ2v) is 11.8. The number of nitrogens with one attached hydrogen (secondary N) is 2. The van der Waals surface area contributed by atoms with Crippen LogP contribution in [0.25, 0.3) is 5.69 Å². The lowest BCUT2D eigenvalue weighted by Gasteiger charge is -2.35. The third-order valence-electron chi connectivity index (χ3n) is 7.55. The standard InChI is InChI=1S/C33H39N7O3/c1-22-11-13-24(14-12-22)40-30(21-28(37-40)33(3,4)5)36-32(42)35-26-15-16-29(34-23(26)2)38-17-19-39(20-18-38)31(41)25-9-7-8-10-27(25)43-6/h7-16,21H,17-20H2,1-6H3,(H2,35,36,42). The highest BCUT2D eigenvalue weighted by Crippen LogP contribution is 2.27. The van der Waals surface area contributed by atoms with Crippen molar-refractivity contribution in [3.63, 3.8) is 0 Å². The number of ether oxygens (including phenoxy) is 1. The molecule has 3 heterocycles. The molecule has 0 atom stereocenters. The summed E-state index contributed by atoms with van der Waals surface area (Å²) < 4.78 is 7.13. The largest absolute Gasteiger partial charge is 0.496 e. The second kappa shape index (κ2) is 12.2. The lowest BCUT2D eigenvalue weighted by molar-refractivity contribution is 0.0743. The van der Waals surface area contributed by atoms with E-state index in [0.29, 0.717) is 54.7 Å². The Labute approximate surface area is 252 Å². The Bertz CT molecular complexity index is 1610. The minimum Gasteiger partial charge on any atom is -0.496 e. The number of carbonyl (C=O) groups is 2. The van der Waals surface area contributed by atoms with Gasteiger partial charge in [0.15, 0.2) is 0 Å². The third kappa shape index (κ3) is 6.63. The first-order valence-corrected chi connectivity index (χ1v) is 14.4. The lowest BCUT2D eigenvalue weighted by Crippen LogP contribution is -2.49. The summed E-state index contributed by atoms with van der Waals surface area (Å²) in [6, 6.07) is 20.6. The van der Waals surface area contributed by atoms with Gasteiger partial charge in [0.05, 0.1) is 35.4 Å². The molecule has 2 aromatic heterocycles. The summed E-state index contributed by atoms with van der Waals surface area (Å²) in [6.07, 6.45) is 0. The van der Waals surface area contributed by atoms with Gasteiger partial charge in [0.2, 0.25) is 0 Å². The fraction of sp³-hybridized carbons (Fsp3) is 0.333. The number of hydrogen-bond acceptors (Lipinski definition) is 6. The number of benzene rings is 2. The number of urea groups is 1. The van der Waals surface area contributed by atoms with E-state index in [2.05, 4.69) is 36.3 Å². The molecule has 43 heavy (non-hydrogen) atoms. The molecule has 2 aromatic carbocycles. The molecular weight excluding hydrogens is 542 g/mol. The summed E-state index contributed by atoms with van der Waals surface area (Å²) in [5.41, 5.74) is 4.57. The molecule has 0 saturated carbocycles. The van der Waals surface area contributed by atoms with Crippen LogP contribution in [0.15, 0.2) is 66.7 Å². The molecule has 0 bridgehead atoms. The molecule has 0 radical (unpaired) electrons. The van der Waals surface area contributed by atoms with Crippen molar-refractivity contribution in [1.82, 2.24) is 19.7 Å². The SMILES string of the molecule is COc1ccccc1C(=O)N1CCN(c2ccc(NC(=O)Nc3cc(C(C)(C)C)nn3-c3ccc(C)cc3)c(C)n2)CC1. The van der Waals surface area contributed by atoms with Crippen LogP contribution in [0.2, 0.25) is 0 Å². The van der Waals surface area contributed by atoms with E-state index in [4.69, 9.17) is 14.8 Å². The van der Waals surface area contributed by atoms with E-state index in [-0.39, 0.29) is 17.4 Å². The number of piperazine rings is 1. The number of pyridine rings is 1. The normalized spacial score (nSPS) is 13.5. The van der Waals surface area contributed by atoms with E-state index in [1.165, 1.54) is 0 Å². The predicted octanol–water partition coefficient (Wildman–Crippen LogP) is 5.80. The molecule has 10 heteroatoms. The van der Waals surface area contributed by atoms with Gasteiger partial charge in [-0.15, -0.1) is 0 Å². The maximum Gasteiger partial charge on any atom is 0.324 e. The molecule has 2 N–H and O–H groups in total. The second-order valence-electron chi connectivity index (χ2n) is 11.8. The van der Waals surface area contributed by atoms with E-state index in [1.807, 2.05) is 73.3 Å². The van der Waals surface area contributed by atoms with Crippen molar-refractivity contribution in [2.24, 2.45) is 0 Å². The van der Waals surface area contributed by atoms with Gasteiger partial charge < -0.3 is 19.9 Å². The van der Waals surface area contributed by atoms with Crippen molar-refractivity contribution in [2.45, 2.75) is 40.0 Å². The molecule has 1 aliphatic rings. The number of aromatic nitrogens is 3. The zero-order valence-corrected chi connectivity index (χ0v) is 25.6. The lowest BCUT2D eigenvalue weighted by atomic mass is 9.92. The molecule has 10 nitrogen and oxygen atoms in total. The van der Waals surface area contributed by atoms with Crippen molar-refractivity contribution in [3.8, 4) is 11.4 Å².